The van der Waals surface area contributed by atoms with Gasteiger partial charge in [-0.1, -0.05) is 18.3 Å². The molecule has 1 amide bonds. The van der Waals surface area contributed by atoms with Crippen molar-refractivity contribution in [1.82, 2.24) is 4.90 Å². The van der Waals surface area contributed by atoms with Crippen molar-refractivity contribution >= 4 is 18.6 Å². The zero-order valence-electron chi connectivity index (χ0n) is 14.3. The number of carbonyl (C=O) groups is 2. The molecular weight excluding hydrogens is 359 g/mol. The molecule has 10 nitrogen and oxygen atoms in total. The van der Waals surface area contributed by atoms with Crippen LogP contribution in [0, 0.1) is 0 Å². The molecule has 1 saturated heterocycles. The lowest BCUT2D eigenvalue weighted by Crippen LogP contribution is -2.60. The first-order valence-electron chi connectivity index (χ1n) is 8.73. The van der Waals surface area contributed by atoms with Gasteiger partial charge in [0.15, 0.2) is 0 Å². The van der Waals surface area contributed by atoms with Gasteiger partial charge in [0.2, 0.25) is 5.91 Å². The summed E-state index contributed by atoms with van der Waals surface area (Å²) in [6.45, 7) is -3.14. The summed E-state index contributed by atoms with van der Waals surface area (Å²) in [7, 11) is 0. The maximum absolute atomic E-state index is 11.9. The minimum Gasteiger partial charge on any atom is -0.669 e. The number of hydrogen-bond donors (Lipinski definition) is 5. The molecule has 2 heterocycles. The summed E-state index contributed by atoms with van der Waals surface area (Å²) in [6, 6.07) is 2.21. The normalized spacial score (nSPS) is 26.1. The predicted molar refractivity (Wildman–Crippen MR) is 91.4 cm³/mol. The van der Waals surface area contributed by atoms with E-state index in [9.17, 15) is 24.7 Å². The van der Waals surface area contributed by atoms with Crippen LogP contribution >= 0.6 is 0 Å². The van der Waals surface area contributed by atoms with Crippen molar-refractivity contribution in [3.63, 3.8) is 0 Å². The van der Waals surface area contributed by atoms with Gasteiger partial charge in [-0.25, -0.2) is 4.79 Å². The molecule has 2 fully saturated rings. The molecule has 0 bridgehead atoms. The van der Waals surface area contributed by atoms with Crippen LogP contribution in [0.4, 0.5) is 0 Å². The maximum Gasteiger partial charge on any atom is 0.434 e. The van der Waals surface area contributed by atoms with Gasteiger partial charge in [0.25, 0.3) is 0 Å². The number of likely N-dealkylation sites (tertiary alicyclic amines) is 1. The standard InChI is InChI=1S/C16H20BN2O8/c18-11(6-20)15(21)19-4-7(5-19)26-12-2-1-8-9-3-10(9)17(24,25)27-14(8)13(12)16(22)23/h1-2,7,9-11,20,24-25H,3-6,18H2,(H,22,23)/q-1/t9-,10-,11+/m0/s1. The second-order valence-electron chi connectivity index (χ2n) is 7.32. The van der Waals surface area contributed by atoms with Crippen LogP contribution in [0.1, 0.15) is 28.3 Å². The SMILES string of the molecule is N[C@H](CO)C(=O)N1CC(Oc2ccc3c(c2C(=O)O)O[B-](O)(O)[C@H]2C[C@@H]32)C1. The van der Waals surface area contributed by atoms with Crippen molar-refractivity contribution in [2.45, 2.75) is 30.3 Å². The number of carboxylic acid groups (broad SMARTS) is 1. The Morgan fingerprint density at radius 2 is 2.07 bits per heavy atom. The quantitative estimate of drug-likeness (QED) is 0.382. The van der Waals surface area contributed by atoms with Crippen molar-refractivity contribution in [2.75, 3.05) is 19.7 Å². The topological polar surface area (TPSA) is 163 Å². The third-order valence-corrected chi connectivity index (χ3v) is 5.42. The molecular formula is C16H20BN2O8-. The number of carboxylic acids is 1. The molecule has 0 spiro atoms. The zero-order chi connectivity index (χ0) is 19.5. The van der Waals surface area contributed by atoms with Crippen LogP contribution in [0.15, 0.2) is 12.1 Å². The minimum absolute atomic E-state index is 0.0375. The Kier molecular flexibility index (Phi) is 4.07. The Morgan fingerprint density at radius 3 is 2.70 bits per heavy atom. The van der Waals surface area contributed by atoms with E-state index in [1.807, 2.05) is 0 Å². The molecule has 0 aromatic heterocycles. The van der Waals surface area contributed by atoms with E-state index in [-0.39, 0.29) is 36.1 Å². The first-order valence-corrected chi connectivity index (χ1v) is 8.73. The summed E-state index contributed by atoms with van der Waals surface area (Å²) in [5.74, 6) is -2.28. The van der Waals surface area contributed by atoms with E-state index in [2.05, 4.69) is 0 Å². The molecule has 1 aromatic carbocycles. The second kappa shape index (κ2) is 6.09. The summed E-state index contributed by atoms with van der Waals surface area (Å²) >= 11 is 0. The van der Waals surface area contributed by atoms with E-state index < -0.39 is 43.2 Å². The fraction of sp³-hybridized carbons (Fsp3) is 0.500. The van der Waals surface area contributed by atoms with Gasteiger partial charge in [0.05, 0.1) is 25.4 Å². The van der Waals surface area contributed by atoms with Gasteiger partial charge >= 0.3 is 12.7 Å². The molecule has 6 N–H and O–H groups in total. The van der Waals surface area contributed by atoms with E-state index in [1.165, 1.54) is 11.0 Å². The van der Waals surface area contributed by atoms with Crippen LogP contribution in [0.25, 0.3) is 0 Å². The van der Waals surface area contributed by atoms with E-state index in [4.69, 9.17) is 20.2 Å². The number of aliphatic hydroxyl groups is 1. The number of aromatic carboxylic acids is 1. The van der Waals surface area contributed by atoms with Gasteiger partial charge in [0, 0.05) is 0 Å². The molecule has 1 saturated carbocycles. The Bertz CT molecular complexity index is 810. The summed E-state index contributed by atoms with van der Waals surface area (Å²) in [5.41, 5.74) is 5.85. The molecule has 11 heteroatoms. The summed E-state index contributed by atoms with van der Waals surface area (Å²) in [6.07, 6.45) is 0.0936. The van der Waals surface area contributed by atoms with Crippen LogP contribution in [0.2, 0.25) is 5.82 Å². The number of hydrogen-bond acceptors (Lipinski definition) is 8. The van der Waals surface area contributed by atoms with Crippen LogP contribution in [-0.2, 0) is 4.79 Å². The van der Waals surface area contributed by atoms with Gasteiger partial charge in [-0.05, 0) is 17.5 Å². The summed E-state index contributed by atoms with van der Waals surface area (Å²) in [4.78, 5) is 25.0. The molecule has 3 atom stereocenters. The molecule has 27 heavy (non-hydrogen) atoms. The van der Waals surface area contributed by atoms with Crippen LogP contribution in [0.3, 0.4) is 0 Å². The van der Waals surface area contributed by atoms with Gasteiger partial charge in [-0.3, -0.25) is 4.79 Å². The number of fused-ring (bicyclic) bond motifs is 3. The van der Waals surface area contributed by atoms with Gasteiger partial charge in [-0.15, -0.1) is 0 Å². The molecule has 3 aliphatic rings. The summed E-state index contributed by atoms with van der Waals surface area (Å²) < 4.78 is 11.0. The van der Waals surface area contributed by atoms with Crippen LogP contribution in [0.5, 0.6) is 11.5 Å². The number of rotatable bonds is 5. The minimum atomic E-state index is -3.10. The Balaban J connectivity index is 1.53. The average molecular weight is 379 g/mol. The zero-order valence-corrected chi connectivity index (χ0v) is 14.3. The number of amides is 1. The van der Waals surface area contributed by atoms with E-state index in [0.29, 0.717) is 12.0 Å². The molecule has 2 aliphatic heterocycles. The van der Waals surface area contributed by atoms with Gasteiger partial charge < -0.3 is 40.3 Å². The lowest BCUT2D eigenvalue weighted by atomic mass is 9.68. The largest absolute Gasteiger partial charge is 0.669 e. The molecule has 146 valence electrons. The van der Waals surface area contributed by atoms with Crippen molar-refractivity contribution in [3.8, 4) is 11.5 Å². The molecule has 1 aromatic rings. The molecule has 1 aliphatic carbocycles. The number of nitrogens with two attached hydrogens (primary N) is 1. The highest BCUT2D eigenvalue weighted by Gasteiger charge is 2.55. The van der Waals surface area contributed by atoms with Crippen molar-refractivity contribution in [3.05, 3.63) is 23.3 Å². The van der Waals surface area contributed by atoms with Gasteiger partial charge in [-0.2, -0.15) is 0 Å². The summed E-state index contributed by atoms with van der Waals surface area (Å²) in [5, 5.41) is 38.6. The third-order valence-electron chi connectivity index (χ3n) is 5.42. The average Bonchev–Trinajstić information content (AvgIpc) is 3.37. The van der Waals surface area contributed by atoms with E-state index in [1.54, 1.807) is 6.07 Å². The highest BCUT2D eigenvalue weighted by Crippen LogP contribution is 2.63. The van der Waals surface area contributed by atoms with Crippen molar-refractivity contribution in [1.29, 1.82) is 0 Å². The number of benzene rings is 1. The monoisotopic (exact) mass is 379 g/mol. The van der Waals surface area contributed by atoms with Crippen LogP contribution in [-0.4, -0.2) is 75.6 Å². The van der Waals surface area contributed by atoms with E-state index >= 15 is 0 Å². The van der Waals surface area contributed by atoms with Gasteiger partial charge in [0.1, 0.15) is 23.5 Å². The molecule has 0 radical (unpaired) electrons. The van der Waals surface area contributed by atoms with Crippen LogP contribution < -0.4 is 15.1 Å². The first kappa shape index (κ1) is 18.0. The number of aliphatic hydroxyl groups excluding tert-OH is 1. The predicted octanol–water partition coefficient (Wildman–Crippen LogP) is -1.53. The number of ether oxygens (including phenoxy) is 1. The Hall–Kier alpha value is -2.34. The highest BCUT2D eigenvalue weighted by atomic mass is 16.6. The number of carbonyl (C=O) groups excluding carboxylic acids is 1. The number of nitrogens with zero attached hydrogens (tertiary/aromatic N) is 1. The molecule has 4 rings (SSSR count). The Morgan fingerprint density at radius 1 is 1.37 bits per heavy atom. The highest BCUT2D eigenvalue weighted by molar-refractivity contribution is 6.62. The van der Waals surface area contributed by atoms with Crippen molar-refractivity contribution in [2.24, 2.45) is 5.73 Å². The second-order valence-corrected chi connectivity index (χ2v) is 7.32. The maximum atomic E-state index is 11.9. The molecule has 0 unspecified atom stereocenters. The van der Waals surface area contributed by atoms with E-state index in [0.717, 1.165) is 0 Å². The fourth-order valence-corrected chi connectivity index (χ4v) is 3.80. The fourth-order valence-electron chi connectivity index (χ4n) is 3.80. The smallest absolute Gasteiger partial charge is 0.434 e. The first-order chi connectivity index (χ1) is 12.7. The lowest BCUT2D eigenvalue weighted by molar-refractivity contribution is -0.142. The third kappa shape index (κ3) is 2.92. The lowest BCUT2D eigenvalue weighted by Gasteiger charge is -2.41. The Labute approximate surface area is 154 Å². The van der Waals surface area contributed by atoms with Crippen molar-refractivity contribution < 1.29 is 39.2 Å².